The molecule has 0 radical (unpaired) electrons. The third kappa shape index (κ3) is 6.26. The lowest BCUT2D eigenvalue weighted by molar-refractivity contribution is -0.469. The molecule has 0 saturated heterocycles. The fourth-order valence-corrected chi connectivity index (χ4v) is 1.18. The van der Waals surface area contributed by atoms with Crippen LogP contribution < -0.4 is 0 Å². The van der Waals surface area contributed by atoms with Crippen molar-refractivity contribution in [3.63, 3.8) is 0 Å². The highest BCUT2D eigenvalue weighted by Crippen LogP contribution is 2.48. The molecule has 0 aromatic heterocycles. The molecule has 0 aromatic rings. The van der Waals surface area contributed by atoms with Gasteiger partial charge in [0.05, 0.1) is 0 Å². The van der Waals surface area contributed by atoms with Gasteiger partial charge >= 0.3 is 24.1 Å². The molecule has 0 fully saturated rings. The second-order valence-corrected chi connectivity index (χ2v) is 4.40. The molecule has 1 nitrogen and oxygen atoms in total. The smallest absolute Gasteiger partial charge is 0.246 e. The molecule has 0 amide bonds. The monoisotopic (exact) mass is 374 g/mol. The van der Waals surface area contributed by atoms with Gasteiger partial charge in [0, 0.05) is 25.7 Å². The van der Waals surface area contributed by atoms with Crippen LogP contribution in [0.5, 0.6) is 0 Å². The van der Waals surface area contributed by atoms with Gasteiger partial charge in [-0.05, 0) is 0 Å². The summed E-state index contributed by atoms with van der Waals surface area (Å²) in [5, 5.41) is 0. The number of ether oxygens (including phenoxy) is 1. The van der Waals surface area contributed by atoms with Crippen molar-refractivity contribution in [3.8, 4) is 0 Å². The molecule has 0 rings (SSSR count). The van der Waals surface area contributed by atoms with Gasteiger partial charge in [-0.15, -0.1) is 0 Å². The summed E-state index contributed by atoms with van der Waals surface area (Å²) in [4.78, 5) is 0. The standard InChI is InChI=1S/C10H10F12O/c11-5(12)1-3-7(15,16)9(19,20)23-10(21,22)8(17,18)4-2-6(13)14/h5-6H,1-4H2. The topological polar surface area (TPSA) is 9.23 Å². The van der Waals surface area contributed by atoms with Crippen molar-refractivity contribution in [2.24, 2.45) is 0 Å². The van der Waals surface area contributed by atoms with E-state index >= 15 is 0 Å². The highest BCUT2D eigenvalue weighted by Gasteiger charge is 2.68. The molecule has 140 valence electrons. The molecule has 0 saturated carbocycles. The second kappa shape index (κ2) is 7.34. The van der Waals surface area contributed by atoms with Crippen molar-refractivity contribution in [2.75, 3.05) is 0 Å². The Balaban J connectivity index is 5.09. The molecule has 0 aliphatic rings. The number of hydrogen-bond donors (Lipinski definition) is 0. The highest BCUT2D eigenvalue weighted by atomic mass is 19.3. The van der Waals surface area contributed by atoms with Crippen LogP contribution in [0.1, 0.15) is 25.7 Å². The lowest BCUT2D eigenvalue weighted by Crippen LogP contribution is -2.53. The van der Waals surface area contributed by atoms with Gasteiger partial charge in [0.15, 0.2) is 0 Å². The quantitative estimate of drug-likeness (QED) is 0.456. The first-order valence-electron chi connectivity index (χ1n) is 5.82. The summed E-state index contributed by atoms with van der Waals surface area (Å²) in [6.45, 7) is 0. The maximum absolute atomic E-state index is 12.9. The second-order valence-electron chi connectivity index (χ2n) is 4.40. The Bertz CT molecular complexity index is 333. The molecule has 23 heavy (non-hydrogen) atoms. The molecule has 0 aliphatic heterocycles. The van der Waals surface area contributed by atoms with Gasteiger partial charge in [0.1, 0.15) is 0 Å². The number of hydrogen-bond acceptors (Lipinski definition) is 1. The van der Waals surface area contributed by atoms with Crippen molar-refractivity contribution in [1.29, 1.82) is 0 Å². The number of alkyl halides is 12. The van der Waals surface area contributed by atoms with E-state index in [1.54, 1.807) is 0 Å². The predicted octanol–water partition coefficient (Wildman–Crippen LogP) is 5.55. The van der Waals surface area contributed by atoms with Gasteiger partial charge in [-0.1, -0.05) is 0 Å². The highest BCUT2D eigenvalue weighted by molar-refractivity contribution is 4.84. The van der Waals surface area contributed by atoms with E-state index in [4.69, 9.17) is 0 Å². The van der Waals surface area contributed by atoms with E-state index in [2.05, 4.69) is 4.74 Å². The van der Waals surface area contributed by atoms with Crippen LogP contribution in [0.15, 0.2) is 0 Å². The zero-order valence-corrected chi connectivity index (χ0v) is 10.9. The summed E-state index contributed by atoms with van der Waals surface area (Å²) < 4.78 is 152. The summed E-state index contributed by atoms with van der Waals surface area (Å²) in [5.74, 6) is -11.2. The third-order valence-electron chi connectivity index (χ3n) is 2.46. The SMILES string of the molecule is FC(F)CCC(F)(F)C(F)(F)OC(F)(F)C(F)(F)CCC(F)F. The van der Waals surface area contributed by atoms with Crippen molar-refractivity contribution in [2.45, 2.75) is 62.6 Å². The van der Waals surface area contributed by atoms with E-state index in [9.17, 15) is 52.7 Å². The van der Waals surface area contributed by atoms with E-state index in [-0.39, 0.29) is 0 Å². The van der Waals surface area contributed by atoms with Crippen molar-refractivity contribution in [3.05, 3.63) is 0 Å². The first kappa shape index (κ1) is 22.1. The zero-order chi connectivity index (χ0) is 18.7. The summed E-state index contributed by atoms with van der Waals surface area (Å²) in [6, 6.07) is 0. The molecule has 0 unspecified atom stereocenters. The third-order valence-corrected chi connectivity index (χ3v) is 2.46. The molecule has 0 spiro atoms. The summed E-state index contributed by atoms with van der Waals surface area (Å²) in [5.41, 5.74) is 0. The molecule has 0 aromatic carbocycles. The zero-order valence-electron chi connectivity index (χ0n) is 10.9. The van der Waals surface area contributed by atoms with Crippen LogP contribution in [-0.2, 0) is 4.74 Å². The summed E-state index contributed by atoms with van der Waals surface area (Å²) in [6.07, 6.45) is -27.7. The lowest BCUT2D eigenvalue weighted by Gasteiger charge is -2.33. The van der Waals surface area contributed by atoms with Gasteiger partial charge in [-0.2, -0.15) is 35.1 Å². The minimum absolute atomic E-state index is 1.83. The molecule has 0 atom stereocenters. The Morgan fingerprint density at radius 2 is 0.826 bits per heavy atom. The van der Waals surface area contributed by atoms with E-state index in [0.29, 0.717) is 0 Å². The number of rotatable bonds is 10. The van der Waals surface area contributed by atoms with Crippen LogP contribution in [0, 0.1) is 0 Å². The van der Waals surface area contributed by atoms with Crippen molar-refractivity contribution >= 4 is 0 Å². The van der Waals surface area contributed by atoms with E-state index < -0.39 is 62.6 Å². The maximum Gasteiger partial charge on any atom is 0.423 e. The molecule has 0 aliphatic carbocycles. The van der Waals surface area contributed by atoms with E-state index in [1.807, 2.05) is 0 Å². The van der Waals surface area contributed by atoms with Crippen molar-refractivity contribution in [1.82, 2.24) is 0 Å². The molecule has 0 N–H and O–H groups in total. The average Bonchev–Trinajstić information content (AvgIpc) is 2.32. The van der Waals surface area contributed by atoms with Crippen molar-refractivity contribution < 1.29 is 57.4 Å². The average molecular weight is 374 g/mol. The Hall–Kier alpha value is -0.880. The summed E-state index contributed by atoms with van der Waals surface area (Å²) >= 11 is 0. The van der Waals surface area contributed by atoms with Crippen LogP contribution in [-0.4, -0.2) is 36.9 Å². The largest absolute Gasteiger partial charge is 0.423 e. The first-order chi connectivity index (χ1) is 10.0. The van der Waals surface area contributed by atoms with Crippen LogP contribution in [0.3, 0.4) is 0 Å². The first-order valence-corrected chi connectivity index (χ1v) is 5.82. The minimum Gasteiger partial charge on any atom is -0.246 e. The Kier molecular flexibility index (Phi) is 7.06. The molecule has 13 heteroatoms. The Labute approximate surface area is 121 Å². The Morgan fingerprint density at radius 3 is 1.04 bits per heavy atom. The van der Waals surface area contributed by atoms with Crippen LogP contribution in [0.25, 0.3) is 0 Å². The minimum atomic E-state index is -6.22. The van der Waals surface area contributed by atoms with Crippen LogP contribution >= 0.6 is 0 Å². The van der Waals surface area contributed by atoms with E-state index in [1.165, 1.54) is 0 Å². The van der Waals surface area contributed by atoms with Gasteiger partial charge in [-0.3, -0.25) is 0 Å². The molecule has 0 heterocycles. The Morgan fingerprint density at radius 1 is 0.565 bits per heavy atom. The predicted molar refractivity (Wildman–Crippen MR) is 51.3 cm³/mol. The summed E-state index contributed by atoms with van der Waals surface area (Å²) in [7, 11) is 0. The van der Waals surface area contributed by atoms with Crippen LogP contribution in [0.4, 0.5) is 52.7 Å². The molecule has 0 bridgehead atoms. The maximum atomic E-state index is 12.9. The normalized spacial score (nSPS) is 14.9. The van der Waals surface area contributed by atoms with Crippen LogP contribution in [0.2, 0.25) is 0 Å². The lowest BCUT2D eigenvalue weighted by atomic mass is 10.1. The fraction of sp³-hybridized carbons (Fsp3) is 1.00. The van der Waals surface area contributed by atoms with E-state index in [0.717, 1.165) is 0 Å². The molecular formula is C10H10F12O. The molecular weight excluding hydrogens is 364 g/mol. The van der Waals surface area contributed by atoms with Gasteiger partial charge in [0.2, 0.25) is 12.9 Å². The van der Waals surface area contributed by atoms with Gasteiger partial charge in [0.25, 0.3) is 0 Å². The fourth-order valence-electron chi connectivity index (χ4n) is 1.18. The number of halogens is 12. The van der Waals surface area contributed by atoms with Gasteiger partial charge in [-0.25, -0.2) is 22.3 Å². The van der Waals surface area contributed by atoms with Gasteiger partial charge < -0.3 is 0 Å².